The highest BCUT2D eigenvalue weighted by Crippen LogP contribution is 2.44. The van der Waals surface area contributed by atoms with Crippen molar-refractivity contribution in [3.05, 3.63) is 0 Å². The molecular formula is C16H33N3O. The standard InChI is InChI=1S/C16H33N3O/c1-15(2)10-13(16(3,4)20-15)14(17)9-12-11-18(5)7-8-19(12)6/h12-14H,7-11,17H2,1-6H3. The topological polar surface area (TPSA) is 41.7 Å². The van der Waals surface area contributed by atoms with Crippen LogP contribution in [0.5, 0.6) is 0 Å². The fourth-order valence-corrected chi connectivity index (χ4v) is 4.11. The summed E-state index contributed by atoms with van der Waals surface area (Å²) in [7, 11) is 4.43. The fourth-order valence-electron chi connectivity index (χ4n) is 4.11. The van der Waals surface area contributed by atoms with Gasteiger partial charge in [0, 0.05) is 37.6 Å². The van der Waals surface area contributed by atoms with Crippen LogP contribution in [0.1, 0.15) is 40.5 Å². The Hall–Kier alpha value is -0.160. The SMILES string of the molecule is CN1CCN(C)C(CC(N)C2CC(C)(C)OC2(C)C)C1. The summed E-state index contributed by atoms with van der Waals surface area (Å²) in [6, 6.07) is 0.786. The van der Waals surface area contributed by atoms with E-state index < -0.39 is 0 Å². The van der Waals surface area contributed by atoms with Gasteiger partial charge in [-0.1, -0.05) is 0 Å². The minimum Gasteiger partial charge on any atom is -0.369 e. The van der Waals surface area contributed by atoms with Gasteiger partial charge in [0.25, 0.3) is 0 Å². The number of likely N-dealkylation sites (N-methyl/N-ethyl adjacent to an activating group) is 2. The summed E-state index contributed by atoms with van der Waals surface area (Å²) in [6.45, 7) is 12.2. The molecule has 2 heterocycles. The quantitative estimate of drug-likeness (QED) is 0.853. The molecule has 0 spiro atoms. The number of nitrogens with two attached hydrogens (primary N) is 1. The van der Waals surface area contributed by atoms with Gasteiger partial charge >= 0.3 is 0 Å². The van der Waals surface area contributed by atoms with Gasteiger partial charge in [0.15, 0.2) is 0 Å². The van der Waals surface area contributed by atoms with Crippen LogP contribution in [0.25, 0.3) is 0 Å². The van der Waals surface area contributed by atoms with Crippen molar-refractivity contribution in [2.24, 2.45) is 11.7 Å². The molecule has 2 fully saturated rings. The maximum absolute atomic E-state index is 6.59. The van der Waals surface area contributed by atoms with E-state index in [1.165, 1.54) is 0 Å². The molecule has 0 bridgehead atoms. The van der Waals surface area contributed by atoms with E-state index in [0.717, 1.165) is 32.5 Å². The van der Waals surface area contributed by atoms with Gasteiger partial charge in [0.1, 0.15) is 0 Å². The molecule has 0 amide bonds. The van der Waals surface area contributed by atoms with Gasteiger partial charge < -0.3 is 20.3 Å². The molecule has 0 radical (unpaired) electrons. The lowest BCUT2D eigenvalue weighted by atomic mass is 9.79. The van der Waals surface area contributed by atoms with Gasteiger partial charge in [0.05, 0.1) is 11.2 Å². The molecule has 2 aliphatic heterocycles. The second-order valence-electron chi connectivity index (χ2n) is 8.07. The Bertz CT molecular complexity index is 343. The van der Waals surface area contributed by atoms with Crippen LogP contribution in [-0.4, -0.2) is 66.8 Å². The predicted octanol–water partition coefficient (Wildman–Crippen LogP) is 1.54. The van der Waals surface area contributed by atoms with Crippen molar-refractivity contribution >= 4 is 0 Å². The van der Waals surface area contributed by atoms with Crippen LogP contribution >= 0.6 is 0 Å². The normalized spacial score (nSPS) is 36.1. The van der Waals surface area contributed by atoms with Crippen LogP contribution in [0, 0.1) is 5.92 Å². The van der Waals surface area contributed by atoms with E-state index in [0.29, 0.717) is 12.0 Å². The molecule has 118 valence electrons. The highest BCUT2D eigenvalue weighted by Gasteiger charge is 2.48. The van der Waals surface area contributed by atoms with E-state index in [9.17, 15) is 0 Å². The van der Waals surface area contributed by atoms with E-state index in [4.69, 9.17) is 10.5 Å². The van der Waals surface area contributed by atoms with Gasteiger partial charge in [-0.25, -0.2) is 0 Å². The van der Waals surface area contributed by atoms with E-state index in [1.807, 2.05) is 0 Å². The Balaban J connectivity index is 1.99. The molecule has 3 atom stereocenters. The number of hydrogen-bond donors (Lipinski definition) is 1. The number of piperazine rings is 1. The lowest BCUT2D eigenvalue weighted by molar-refractivity contribution is -0.0774. The lowest BCUT2D eigenvalue weighted by Gasteiger charge is -2.40. The molecule has 2 N–H and O–H groups in total. The largest absolute Gasteiger partial charge is 0.369 e. The highest BCUT2D eigenvalue weighted by molar-refractivity contribution is 5.00. The van der Waals surface area contributed by atoms with Gasteiger partial charge in [-0.2, -0.15) is 0 Å². The Morgan fingerprint density at radius 3 is 2.40 bits per heavy atom. The average molecular weight is 283 g/mol. The summed E-state index contributed by atoms with van der Waals surface area (Å²) in [5.74, 6) is 0.443. The molecule has 2 rings (SSSR count). The zero-order chi connectivity index (χ0) is 15.1. The van der Waals surface area contributed by atoms with Crippen molar-refractivity contribution in [2.45, 2.75) is 63.8 Å². The highest BCUT2D eigenvalue weighted by atomic mass is 16.5. The summed E-state index contributed by atoms with van der Waals surface area (Å²) in [6.07, 6.45) is 2.13. The zero-order valence-corrected chi connectivity index (χ0v) is 14.1. The molecule has 2 aliphatic rings. The molecule has 0 aromatic rings. The van der Waals surface area contributed by atoms with Gasteiger partial charge in [-0.3, -0.25) is 0 Å². The Labute approximate surface area is 124 Å². The number of rotatable bonds is 3. The van der Waals surface area contributed by atoms with Crippen molar-refractivity contribution < 1.29 is 4.74 Å². The summed E-state index contributed by atoms with van der Waals surface area (Å²) < 4.78 is 6.20. The first-order valence-corrected chi connectivity index (χ1v) is 7.95. The summed E-state index contributed by atoms with van der Waals surface area (Å²) >= 11 is 0. The minimum atomic E-state index is -0.109. The number of ether oxygens (including phenoxy) is 1. The van der Waals surface area contributed by atoms with Crippen molar-refractivity contribution in [3.63, 3.8) is 0 Å². The zero-order valence-electron chi connectivity index (χ0n) is 14.1. The van der Waals surface area contributed by atoms with Crippen molar-refractivity contribution in [3.8, 4) is 0 Å². The minimum absolute atomic E-state index is 0.0406. The van der Waals surface area contributed by atoms with Crippen molar-refractivity contribution in [1.82, 2.24) is 9.80 Å². The third-order valence-electron chi connectivity index (χ3n) is 5.19. The first-order chi connectivity index (χ1) is 9.11. The first kappa shape index (κ1) is 16.2. The van der Waals surface area contributed by atoms with E-state index in [-0.39, 0.29) is 17.2 Å². The molecule has 0 aromatic heterocycles. The molecule has 0 saturated carbocycles. The van der Waals surface area contributed by atoms with E-state index >= 15 is 0 Å². The average Bonchev–Trinajstić information content (AvgIpc) is 2.52. The maximum atomic E-state index is 6.59. The van der Waals surface area contributed by atoms with Crippen LogP contribution < -0.4 is 5.73 Å². The number of hydrogen-bond acceptors (Lipinski definition) is 4. The summed E-state index contributed by atoms with van der Waals surface area (Å²) in [5.41, 5.74) is 6.44. The van der Waals surface area contributed by atoms with Crippen LogP contribution in [-0.2, 0) is 4.74 Å². The Kier molecular flexibility index (Phi) is 4.51. The predicted molar refractivity (Wildman–Crippen MR) is 83.9 cm³/mol. The second-order valence-corrected chi connectivity index (χ2v) is 8.07. The van der Waals surface area contributed by atoms with E-state index in [1.54, 1.807) is 0 Å². The monoisotopic (exact) mass is 283 g/mol. The summed E-state index contributed by atoms with van der Waals surface area (Å²) in [5, 5.41) is 0. The molecule has 4 heteroatoms. The van der Waals surface area contributed by atoms with Crippen molar-refractivity contribution in [2.75, 3.05) is 33.7 Å². The smallest absolute Gasteiger partial charge is 0.0677 e. The molecule has 4 nitrogen and oxygen atoms in total. The molecule has 20 heavy (non-hydrogen) atoms. The van der Waals surface area contributed by atoms with Gasteiger partial charge in [-0.15, -0.1) is 0 Å². The van der Waals surface area contributed by atoms with Gasteiger partial charge in [0.2, 0.25) is 0 Å². The molecular weight excluding hydrogens is 250 g/mol. The van der Waals surface area contributed by atoms with Crippen molar-refractivity contribution in [1.29, 1.82) is 0 Å². The van der Waals surface area contributed by atoms with Crippen LogP contribution in [0.15, 0.2) is 0 Å². The Morgan fingerprint density at radius 2 is 1.85 bits per heavy atom. The molecule has 2 saturated heterocycles. The fraction of sp³-hybridized carbons (Fsp3) is 1.00. The van der Waals surface area contributed by atoms with Crippen LogP contribution in [0.3, 0.4) is 0 Å². The van der Waals surface area contributed by atoms with E-state index in [2.05, 4.69) is 51.6 Å². The molecule has 0 aromatic carbocycles. The second kappa shape index (κ2) is 5.56. The van der Waals surface area contributed by atoms with Gasteiger partial charge in [-0.05, 0) is 54.6 Å². The third kappa shape index (κ3) is 3.53. The maximum Gasteiger partial charge on any atom is 0.0677 e. The lowest BCUT2D eigenvalue weighted by Crippen LogP contribution is -2.53. The Morgan fingerprint density at radius 1 is 1.20 bits per heavy atom. The summed E-state index contributed by atoms with van der Waals surface area (Å²) in [4.78, 5) is 4.88. The third-order valence-corrected chi connectivity index (χ3v) is 5.19. The molecule has 3 unspecified atom stereocenters. The molecule has 0 aliphatic carbocycles. The van der Waals surface area contributed by atoms with Crippen LogP contribution in [0.2, 0.25) is 0 Å². The van der Waals surface area contributed by atoms with Crippen LogP contribution in [0.4, 0.5) is 0 Å². The number of nitrogens with zero attached hydrogens (tertiary/aromatic N) is 2. The first-order valence-electron chi connectivity index (χ1n) is 7.95.